The third-order valence-electron chi connectivity index (χ3n) is 12.0. The first-order valence-electron chi connectivity index (χ1n) is 20.8. The van der Waals surface area contributed by atoms with Crippen LogP contribution in [0.5, 0.6) is 0 Å². The number of hydrogen-bond acceptors (Lipinski definition) is 2. The Balaban J connectivity index is 1.29. The fraction of sp³-hybridized carbons (Fsp3) is 0.185. The second-order valence-corrected chi connectivity index (χ2v) is 16.1. The lowest BCUT2D eigenvalue weighted by Crippen LogP contribution is -2.55. The normalized spacial score (nSPS) is 13.1. The van der Waals surface area contributed by atoms with Crippen molar-refractivity contribution < 1.29 is 0 Å². The fourth-order valence-electron chi connectivity index (χ4n) is 9.74. The molecule has 2 heterocycles. The molecule has 292 valence electrons. The Morgan fingerprint density at radius 2 is 1.32 bits per heavy atom. The van der Waals surface area contributed by atoms with E-state index in [1.54, 1.807) is 0 Å². The topological polar surface area (TPSA) is 34.6 Å². The van der Waals surface area contributed by atoms with Gasteiger partial charge in [-0.15, -0.1) is 0 Å². The molecule has 0 amide bonds. The molecule has 0 atom stereocenters. The lowest BCUT2D eigenvalue weighted by molar-refractivity contribution is 0.971. The summed E-state index contributed by atoms with van der Waals surface area (Å²) in [6.45, 7) is 24.4. The summed E-state index contributed by atoms with van der Waals surface area (Å²) in [6.07, 6.45) is 14.8. The summed E-state index contributed by atoms with van der Waals surface area (Å²) >= 11 is 0. The first-order valence-corrected chi connectivity index (χ1v) is 20.8. The summed E-state index contributed by atoms with van der Waals surface area (Å²) in [5, 5.41) is 2.37. The molecule has 0 unspecified atom stereocenters. The van der Waals surface area contributed by atoms with Crippen molar-refractivity contribution in [1.82, 2.24) is 9.13 Å². The van der Waals surface area contributed by atoms with Gasteiger partial charge in [0.2, 0.25) is 6.71 Å². The Labute approximate surface area is 350 Å². The number of hydrogen-bond donors (Lipinski definition) is 0. The molecule has 0 spiro atoms. The molecule has 2 aromatic heterocycles. The van der Waals surface area contributed by atoms with Crippen LogP contribution in [0, 0.1) is 41.5 Å². The minimum atomic E-state index is 0.112. The maximum atomic E-state index is 5.49. The maximum absolute atomic E-state index is 5.49. The van der Waals surface area contributed by atoms with Crippen molar-refractivity contribution in [3.05, 3.63) is 183 Å². The SMILES string of the molecule is C=Cc1c(/C=C\C)n(/C(=C/C(=NCc2ccc(B(c3c(C)cc(C)cc3C)c3c(C)cc(C)cc3C)cc2)n2c3c(c4ccccc42)CCC=C3)N=C)c2ccccc12. The molecule has 0 bridgehead atoms. The minimum absolute atomic E-state index is 0.112. The van der Waals surface area contributed by atoms with Gasteiger partial charge in [0.1, 0.15) is 11.7 Å². The number of nitrogens with zero attached hydrogens (tertiary/aromatic N) is 4. The van der Waals surface area contributed by atoms with Crippen LogP contribution < -0.4 is 16.4 Å². The number of aliphatic imine (C=N–C) groups is 2. The molecule has 5 heteroatoms. The van der Waals surface area contributed by atoms with Crippen LogP contribution in [-0.4, -0.2) is 28.4 Å². The van der Waals surface area contributed by atoms with Gasteiger partial charge in [-0.2, -0.15) is 0 Å². The van der Waals surface area contributed by atoms with Crippen LogP contribution in [0.1, 0.15) is 74.8 Å². The largest absolute Gasteiger partial charge is 0.294 e. The summed E-state index contributed by atoms with van der Waals surface area (Å²) in [6, 6.07) is 35.6. The van der Waals surface area contributed by atoms with Crippen LogP contribution in [0.3, 0.4) is 0 Å². The number of allylic oxidation sites excluding steroid dienone is 3. The van der Waals surface area contributed by atoms with Gasteiger partial charge >= 0.3 is 0 Å². The van der Waals surface area contributed by atoms with E-state index >= 15 is 0 Å². The first-order chi connectivity index (χ1) is 28.6. The molecule has 7 aromatic rings. The second kappa shape index (κ2) is 16.4. The molecule has 0 aliphatic heterocycles. The van der Waals surface area contributed by atoms with Crippen LogP contribution >= 0.6 is 0 Å². The highest BCUT2D eigenvalue weighted by molar-refractivity contribution is 6.96. The van der Waals surface area contributed by atoms with Crippen molar-refractivity contribution in [2.45, 2.75) is 67.9 Å². The molecule has 0 fully saturated rings. The zero-order valence-corrected chi connectivity index (χ0v) is 35.6. The average molecular weight is 769 g/mol. The standard InChI is InChI=1S/C54H53BN4/c1-10-18-47-43(11-2)44-19-12-15-22-48(44)58(47)51(56-9)33-52(59-49-23-16-13-20-45(49)46-21-14-17-24-50(46)59)57-34-41-25-27-42(28-26-41)55(53-37(5)29-35(3)30-38(53)6)54-39(7)31-36(4)32-40(54)8/h10-13,15-20,22-33H,2,9,14,21,34H2,1,3-8H3/b18-10-,51-33+,57-52?. The number of aromatic nitrogens is 2. The molecule has 5 aromatic carbocycles. The Kier molecular flexibility index (Phi) is 11.0. The van der Waals surface area contributed by atoms with Crippen molar-refractivity contribution >= 4 is 81.5 Å². The van der Waals surface area contributed by atoms with Crippen LogP contribution in [0.4, 0.5) is 0 Å². The average Bonchev–Trinajstić information content (AvgIpc) is 3.72. The Morgan fingerprint density at radius 1 is 0.746 bits per heavy atom. The second-order valence-electron chi connectivity index (χ2n) is 16.1. The molecule has 0 N–H and O–H groups in total. The predicted octanol–water partition coefficient (Wildman–Crippen LogP) is 11.2. The molecular formula is C54H53BN4. The van der Waals surface area contributed by atoms with Crippen LogP contribution in [-0.2, 0) is 13.0 Å². The molecule has 59 heavy (non-hydrogen) atoms. The molecule has 8 rings (SSSR count). The highest BCUT2D eigenvalue weighted by atomic mass is 15.1. The first kappa shape index (κ1) is 39.4. The number of rotatable bonds is 10. The smallest absolute Gasteiger partial charge is 0.242 e. The van der Waals surface area contributed by atoms with E-state index in [1.807, 2.05) is 13.0 Å². The van der Waals surface area contributed by atoms with Gasteiger partial charge in [0, 0.05) is 22.4 Å². The molecular weight excluding hydrogens is 715 g/mol. The van der Waals surface area contributed by atoms with Gasteiger partial charge in [0.15, 0.2) is 0 Å². The van der Waals surface area contributed by atoms with E-state index in [9.17, 15) is 0 Å². The van der Waals surface area contributed by atoms with E-state index < -0.39 is 0 Å². The number of benzene rings is 5. The summed E-state index contributed by atoms with van der Waals surface area (Å²) < 4.78 is 4.50. The minimum Gasteiger partial charge on any atom is -0.294 e. The number of aryl methyl sites for hydroxylation is 7. The highest BCUT2D eigenvalue weighted by Gasteiger charge is 2.28. The van der Waals surface area contributed by atoms with Gasteiger partial charge in [-0.1, -0.05) is 160 Å². The van der Waals surface area contributed by atoms with Gasteiger partial charge in [0.25, 0.3) is 0 Å². The van der Waals surface area contributed by atoms with Crippen LogP contribution in [0.2, 0.25) is 0 Å². The molecule has 4 nitrogen and oxygen atoms in total. The van der Waals surface area contributed by atoms with Gasteiger partial charge in [-0.25, -0.2) is 4.99 Å². The van der Waals surface area contributed by atoms with E-state index in [0.717, 1.165) is 51.9 Å². The van der Waals surface area contributed by atoms with Crippen LogP contribution in [0.25, 0.3) is 45.9 Å². The molecule has 1 aliphatic carbocycles. The third kappa shape index (κ3) is 7.20. The number of fused-ring (bicyclic) bond motifs is 4. The van der Waals surface area contributed by atoms with E-state index in [4.69, 9.17) is 9.98 Å². The lowest BCUT2D eigenvalue weighted by atomic mass is 9.34. The zero-order valence-electron chi connectivity index (χ0n) is 35.6. The Morgan fingerprint density at radius 3 is 1.90 bits per heavy atom. The van der Waals surface area contributed by atoms with E-state index in [-0.39, 0.29) is 6.71 Å². The summed E-state index contributed by atoms with van der Waals surface area (Å²) in [4.78, 5) is 10.2. The summed E-state index contributed by atoms with van der Waals surface area (Å²) in [5.74, 6) is 1.50. The zero-order chi connectivity index (χ0) is 41.4. The molecule has 0 saturated heterocycles. The third-order valence-corrected chi connectivity index (χ3v) is 12.0. The quantitative estimate of drug-likeness (QED) is 0.0755. The monoisotopic (exact) mass is 768 g/mol. The fourth-order valence-corrected chi connectivity index (χ4v) is 9.74. The van der Waals surface area contributed by atoms with Gasteiger partial charge in [-0.05, 0) is 103 Å². The lowest BCUT2D eigenvalue weighted by Gasteiger charge is -2.24. The van der Waals surface area contributed by atoms with E-state index in [1.165, 1.54) is 66.4 Å². The van der Waals surface area contributed by atoms with E-state index in [2.05, 4.69) is 191 Å². The van der Waals surface area contributed by atoms with Crippen molar-refractivity contribution in [3.8, 4) is 0 Å². The predicted molar refractivity (Wildman–Crippen MR) is 259 cm³/mol. The van der Waals surface area contributed by atoms with Gasteiger partial charge in [0.05, 0.1) is 29.0 Å². The molecule has 0 saturated carbocycles. The number of para-hydroxylation sites is 2. The van der Waals surface area contributed by atoms with Gasteiger partial charge in [-0.3, -0.25) is 14.1 Å². The Bertz CT molecular complexity index is 2800. The summed E-state index contributed by atoms with van der Waals surface area (Å²) in [7, 11) is 0. The van der Waals surface area contributed by atoms with Crippen molar-refractivity contribution in [2.24, 2.45) is 9.98 Å². The van der Waals surface area contributed by atoms with E-state index in [0.29, 0.717) is 12.4 Å². The van der Waals surface area contributed by atoms with Gasteiger partial charge < -0.3 is 0 Å². The molecule has 0 radical (unpaired) electrons. The Hall–Kier alpha value is -6.46. The van der Waals surface area contributed by atoms with Crippen molar-refractivity contribution in [2.75, 3.05) is 0 Å². The summed E-state index contributed by atoms with van der Waals surface area (Å²) in [5.41, 5.74) is 19.8. The van der Waals surface area contributed by atoms with Crippen LogP contribution in [0.15, 0.2) is 132 Å². The van der Waals surface area contributed by atoms with Crippen molar-refractivity contribution in [1.29, 1.82) is 0 Å². The molecule has 1 aliphatic rings. The van der Waals surface area contributed by atoms with Crippen molar-refractivity contribution in [3.63, 3.8) is 0 Å². The maximum Gasteiger partial charge on any atom is 0.242 e. The highest BCUT2D eigenvalue weighted by Crippen LogP contribution is 2.34.